The summed E-state index contributed by atoms with van der Waals surface area (Å²) < 4.78 is 15.4. The zero-order chi connectivity index (χ0) is 24.9. The van der Waals surface area contributed by atoms with Crippen molar-refractivity contribution in [1.82, 2.24) is 9.80 Å². The van der Waals surface area contributed by atoms with E-state index in [0.717, 1.165) is 38.3 Å². The fourth-order valence-corrected chi connectivity index (χ4v) is 3.49. The van der Waals surface area contributed by atoms with Crippen LogP contribution in [-0.4, -0.2) is 82.3 Å². The molecule has 8 heteroatoms. The lowest BCUT2D eigenvalue weighted by Crippen LogP contribution is -2.32. The van der Waals surface area contributed by atoms with Gasteiger partial charge in [0.25, 0.3) is 5.91 Å². The van der Waals surface area contributed by atoms with Crippen molar-refractivity contribution >= 4 is 17.6 Å². The number of anilines is 1. The van der Waals surface area contributed by atoms with Gasteiger partial charge in [-0.2, -0.15) is 0 Å². The number of hydrogen-bond acceptors (Lipinski definition) is 7. The van der Waals surface area contributed by atoms with Gasteiger partial charge in [-0.3, -0.25) is 4.79 Å². The summed E-state index contributed by atoms with van der Waals surface area (Å²) in [6.45, 7) is 9.86. The molecule has 0 aliphatic rings. The van der Waals surface area contributed by atoms with E-state index in [1.807, 2.05) is 18.2 Å². The molecule has 186 valence electrons. The van der Waals surface area contributed by atoms with E-state index < -0.39 is 5.97 Å². The molecule has 2 aromatic carbocycles. The third-order valence-electron chi connectivity index (χ3n) is 5.53. The van der Waals surface area contributed by atoms with Crippen molar-refractivity contribution in [3.63, 3.8) is 0 Å². The Labute approximate surface area is 202 Å². The predicted octanol–water partition coefficient (Wildman–Crippen LogP) is 3.52. The van der Waals surface area contributed by atoms with Crippen molar-refractivity contribution in [1.29, 1.82) is 0 Å². The van der Waals surface area contributed by atoms with Gasteiger partial charge < -0.3 is 29.3 Å². The lowest BCUT2D eigenvalue weighted by molar-refractivity contribution is 0.0601. The van der Waals surface area contributed by atoms with Crippen molar-refractivity contribution in [2.24, 2.45) is 0 Å². The normalized spacial score (nSPS) is 11.0. The van der Waals surface area contributed by atoms with E-state index in [0.29, 0.717) is 30.2 Å². The quantitative estimate of drug-likeness (QED) is 0.334. The second-order valence-corrected chi connectivity index (χ2v) is 7.96. The number of methoxy groups -OCH3 is 2. The Kier molecular flexibility index (Phi) is 11.5. The average molecular weight is 472 g/mol. The Morgan fingerprint density at radius 2 is 1.74 bits per heavy atom. The molecular formula is C26H37N3O5. The molecule has 0 heterocycles. The first-order chi connectivity index (χ1) is 16.4. The highest BCUT2D eigenvalue weighted by atomic mass is 16.5. The maximum Gasteiger partial charge on any atom is 0.340 e. The molecule has 0 spiro atoms. The number of carbonyl (C=O) groups is 2. The van der Waals surface area contributed by atoms with Crippen molar-refractivity contribution in [2.45, 2.75) is 20.4 Å². The van der Waals surface area contributed by atoms with Gasteiger partial charge in [0.15, 0.2) is 0 Å². The van der Waals surface area contributed by atoms with Gasteiger partial charge in [-0.05, 0) is 56.0 Å². The van der Waals surface area contributed by atoms with E-state index in [4.69, 9.17) is 14.2 Å². The molecule has 0 aliphatic heterocycles. The maximum absolute atomic E-state index is 13.0. The molecule has 0 atom stereocenters. The van der Waals surface area contributed by atoms with Gasteiger partial charge in [0.1, 0.15) is 12.4 Å². The highest BCUT2D eigenvalue weighted by Crippen LogP contribution is 2.24. The predicted molar refractivity (Wildman–Crippen MR) is 134 cm³/mol. The van der Waals surface area contributed by atoms with Crippen LogP contribution >= 0.6 is 0 Å². The highest BCUT2D eigenvalue weighted by molar-refractivity contribution is 6.08. The second-order valence-electron chi connectivity index (χ2n) is 7.96. The van der Waals surface area contributed by atoms with E-state index >= 15 is 0 Å². The Morgan fingerprint density at radius 3 is 2.41 bits per heavy atom. The molecule has 0 radical (unpaired) electrons. The third kappa shape index (κ3) is 8.44. The summed E-state index contributed by atoms with van der Waals surface area (Å²) in [5, 5.41) is 2.83. The Balaban J connectivity index is 2.09. The minimum Gasteiger partial charge on any atom is -0.491 e. The van der Waals surface area contributed by atoms with E-state index in [1.54, 1.807) is 31.4 Å². The lowest BCUT2D eigenvalue weighted by atomic mass is 10.1. The van der Waals surface area contributed by atoms with Gasteiger partial charge in [-0.25, -0.2) is 4.79 Å². The zero-order valence-corrected chi connectivity index (χ0v) is 20.9. The fraction of sp³-hybridized carbons (Fsp3) is 0.462. The fourth-order valence-electron chi connectivity index (χ4n) is 3.49. The van der Waals surface area contributed by atoms with Crippen LogP contribution in [0.5, 0.6) is 5.75 Å². The molecule has 8 nitrogen and oxygen atoms in total. The van der Waals surface area contributed by atoms with Crippen molar-refractivity contribution in [2.75, 3.05) is 66.0 Å². The van der Waals surface area contributed by atoms with Crippen LogP contribution in [0.25, 0.3) is 0 Å². The molecule has 0 saturated carbocycles. The standard InChI is InChI=1S/C26H37N3O5/c1-6-29(7-2)14-13-28(3)19-20-9-8-10-21(17-20)25(30)27-24-12-11-22(34-16-15-32-4)18-23(24)26(31)33-5/h8-12,17-18H,6-7,13-16,19H2,1-5H3,(H,27,30). The topological polar surface area (TPSA) is 80.3 Å². The number of benzene rings is 2. The van der Waals surface area contributed by atoms with Crippen LogP contribution in [0.3, 0.4) is 0 Å². The second kappa shape index (κ2) is 14.3. The molecule has 0 aliphatic carbocycles. The summed E-state index contributed by atoms with van der Waals surface area (Å²) in [5.74, 6) is -0.368. The third-order valence-corrected chi connectivity index (χ3v) is 5.53. The first kappa shape index (κ1) is 27.3. The average Bonchev–Trinajstić information content (AvgIpc) is 2.85. The minimum absolute atomic E-state index is 0.220. The number of amides is 1. The Morgan fingerprint density at radius 1 is 0.971 bits per heavy atom. The van der Waals surface area contributed by atoms with Crippen molar-refractivity contribution < 1.29 is 23.8 Å². The van der Waals surface area contributed by atoms with E-state index in [9.17, 15) is 9.59 Å². The maximum atomic E-state index is 13.0. The smallest absolute Gasteiger partial charge is 0.340 e. The van der Waals surface area contributed by atoms with Gasteiger partial charge in [-0.1, -0.05) is 26.0 Å². The molecule has 1 amide bonds. The molecule has 0 aromatic heterocycles. The van der Waals surface area contributed by atoms with Gasteiger partial charge in [0.05, 0.1) is 25.0 Å². The summed E-state index contributed by atoms with van der Waals surface area (Å²) in [7, 11) is 4.96. The van der Waals surface area contributed by atoms with Crippen LogP contribution in [0.15, 0.2) is 42.5 Å². The minimum atomic E-state index is -0.559. The number of ether oxygens (including phenoxy) is 3. The van der Waals surface area contributed by atoms with Crippen LogP contribution < -0.4 is 10.1 Å². The number of rotatable bonds is 14. The number of likely N-dealkylation sites (N-methyl/N-ethyl adjacent to an activating group) is 2. The van der Waals surface area contributed by atoms with E-state index in [1.165, 1.54) is 7.11 Å². The van der Waals surface area contributed by atoms with E-state index in [-0.39, 0.29) is 11.5 Å². The molecule has 0 fully saturated rings. The number of nitrogens with zero attached hydrogens (tertiary/aromatic N) is 2. The van der Waals surface area contributed by atoms with Crippen molar-refractivity contribution in [3.8, 4) is 5.75 Å². The largest absolute Gasteiger partial charge is 0.491 e. The van der Waals surface area contributed by atoms with E-state index in [2.05, 4.69) is 36.0 Å². The molecule has 0 bridgehead atoms. The van der Waals surface area contributed by atoms with Crippen molar-refractivity contribution in [3.05, 3.63) is 59.2 Å². The van der Waals surface area contributed by atoms with Gasteiger partial charge >= 0.3 is 5.97 Å². The Bertz CT molecular complexity index is 930. The molecule has 2 aromatic rings. The number of carbonyl (C=O) groups excluding carboxylic acids is 2. The molecule has 34 heavy (non-hydrogen) atoms. The Hall–Kier alpha value is -2.94. The molecule has 0 saturated heterocycles. The highest BCUT2D eigenvalue weighted by Gasteiger charge is 2.17. The molecule has 2 rings (SSSR count). The van der Waals surface area contributed by atoms with Crippen LogP contribution in [0.4, 0.5) is 5.69 Å². The molecule has 0 unspecified atom stereocenters. The number of esters is 1. The summed E-state index contributed by atoms with van der Waals surface area (Å²) in [6.07, 6.45) is 0. The number of hydrogen-bond donors (Lipinski definition) is 1. The van der Waals surface area contributed by atoms with Crippen LogP contribution in [-0.2, 0) is 16.0 Å². The summed E-state index contributed by atoms with van der Waals surface area (Å²) in [5.41, 5.74) is 2.14. The van der Waals surface area contributed by atoms with Gasteiger partial charge in [-0.15, -0.1) is 0 Å². The van der Waals surface area contributed by atoms with Crippen LogP contribution in [0.1, 0.15) is 40.1 Å². The molecular weight excluding hydrogens is 434 g/mol. The van der Waals surface area contributed by atoms with Gasteiger partial charge in [0.2, 0.25) is 0 Å². The van der Waals surface area contributed by atoms with Crippen LogP contribution in [0.2, 0.25) is 0 Å². The first-order valence-electron chi connectivity index (χ1n) is 11.6. The zero-order valence-electron chi connectivity index (χ0n) is 20.9. The molecule has 1 N–H and O–H groups in total. The first-order valence-corrected chi connectivity index (χ1v) is 11.6. The van der Waals surface area contributed by atoms with Crippen LogP contribution in [0, 0.1) is 0 Å². The summed E-state index contributed by atoms with van der Waals surface area (Å²) >= 11 is 0. The summed E-state index contributed by atoms with van der Waals surface area (Å²) in [6, 6.07) is 12.4. The number of nitrogens with one attached hydrogen (secondary N) is 1. The monoisotopic (exact) mass is 471 g/mol. The van der Waals surface area contributed by atoms with Gasteiger partial charge in [0, 0.05) is 32.3 Å². The SMILES string of the molecule is CCN(CC)CCN(C)Cc1cccc(C(=O)Nc2ccc(OCCOC)cc2C(=O)OC)c1. The summed E-state index contributed by atoms with van der Waals surface area (Å²) in [4.78, 5) is 29.9. The lowest BCUT2D eigenvalue weighted by Gasteiger charge is -2.23.